The number of nitrogens with one attached hydrogen (secondary N) is 2. The number of halogens is 3. The molecule has 1 atom stereocenters. The molecule has 3 aliphatic heterocycles. The van der Waals surface area contributed by atoms with Gasteiger partial charge in [0.15, 0.2) is 22.5 Å². The van der Waals surface area contributed by atoms with Gasteiger partial charge in [-0.3, -0.25) is 4.99 Å². The number of nitrogens with zero attached hydrogens (tertiary/aromatic N) is 3. The second-order valence-electron chi connectivity index (χ2n) is 8.92. The van der Waals surface area contributed by atoms with E-state index in [1.165, 1.54) is 28.8 Å². The summed E-state index contributed by atoms with van der Waals surface area (Å²) in [5.41, 5.74) is 0.701. The highest BCUT2D eigenvalue weighted by molar-refractivity contribution is 7.89. The zero-order valence-electron chi connectivity index (χ0n) is 19.7. The molecule has 37 heavy (non-hydrogen) atoms. The van der Waals surface area contributed by atoms with Crippen molar-refractivity contribution >= 4 is 44.8 Å². The summed E-state index contributed by atoms with van der Waals surface area (Å²) in [5.74, 6) is -2.97. The smallest absolute Gasteiger partial charge is 0.338 e. The summed E-state index contributed by atoms with van der Waals surface area (Å²) in [6, 6.07) is 1.14. The predicted molar refractivity (Wildman–Crippen MR) is 135 cm³/mol. The van der Waals surface area contributed by atoms with E-state index in [4.69, 9.17) is 16.3 Å². The Labute approximate surface area is 221 Å². The van der Waals surface area contributed by atoms with Crippen molar-refractivity contribution in [2.45, 2.75) is 24.1 Å². The Balaban J connectivity index is 1.55. The molecule has 4 heterocycles. The van der Waals surface area contributed by atoms with Gasteiger partial charge in [-0.15, -0.1) is 11.3 Å². The van der Waals surface area contributed by atoms with Crippen LogP contribution in [0.5, 0.6) is 0 Å². The van der Waals surface area contributed by atoms with Gasteiger partial charge in [0.05, 0.1) is 17.7 Å². The summed E-state index contributed by atoms with van der Waals surface area (Å²) in [7, 11) is -2.19. The van der Waals surface area contributed by atoms with Crippen molar-refractivity contribution in [2.75, 3.05) is 33.3 Å². The van der Waals surface area contributed by atoms with Crippen LogP contribution in [0.15, 0.2) is 40.0 Å². The Bertz CT molecular complexity index is 1370. The number of amidine groups is 1. The largest absolute Gasteiger partial charge is 0.466 e. The highest BCUT2D eigenvalue weighted by atomic mass is 35.5. The van der Waals surface area contributed by atoms with Crippen molar-refractivity contribution in [3.8, 4) is 0 Å². The van der Waals surface area contributed by atoms with Gasteiger partial charge in [-0.2, -0.15) is 0 Å². The maximum atomic E-state index is 14.5. The second kappa shape index (κ2) is 10.4. The molecule has 1 aromatic heterocycles. The number of allylic oxidation sites excluding steroid dienone is 1. The maximum Gasteiger partial charge on any atom is 0.338 e. The summed E-state index contributed by atoms with van der Waals surface area (Å²) in [5, 5.41) is 7.59. The third-order valence-electron chi connectivity index (χ3n) is 6.86. The number of methoxy groups -OCH3 is 1. The van der Waals surface area contributed by atoms with Crippen LogP contribution in [0.1, 0.15) is 29.5 Å². The first-order valence-electron chi connectivity index (χ1n) is 11.6. The zero-order chi connectivity index (χ0) is 26.3. The molecule has 14 heteroatoms. The third kappa shape index (κ3) is 4.78. The van der Waals surface area contributed by atoms with Gasteiger partial charge in [0.1, 0.15) is 11.3 Å². The molecule has 2 N–H and O–H groups in total. The number of piperidine rings is 1. The van der Waals surface area contributed by atoms with E-state index in [-0.39, 0.29) is 30.1 Å². The fraction of sp³-hybridized carbons (Fsp3) is 0.435. The molecule has 5 rings (SSSR count). The van der Waals surface area contributed by atoms with Gasteiger partial charge >= 0.3 is 5.97 Å². The minimum Gasteiger partial charge on any atom is -0.466 e. The van der Waals surface area contributed by atoms with Gasteiger partial charge in [-0.1, -0.05) is 17.7 Å². The van der Waals surface area contributed by atoms with Crippen molar-refractivity contribution in [1.29, 1.82) is 0 Å². The molecule has 0 aliphatic carbocycles. The SMILES string of the molecule is COC(=O)C1=C(C2CCN(S(=O)(=O)C3CNC3)CC2)NC(c2nccs2)=NC1c1ccc(F)c(F)c1Cl. The number of rotatable bonds is 6. The lowest BCUT2D eigenvalue weighted by Gasteiger charge is -2.38. The quantitative estimate of drug-likeness (QED) is 0.405. The van der Waals surface area contributed by atoms with E-state index in [1.807, 2.05) is 0 Å². The van der Waals surface area contributed by atoms with Gasteiger partial charge in [0, 0.05) is 54.9 Å². The summed E-state index contributed by atoms with van der Waals surface area (Å²) < 4.78 is 60.7. The van der Waals surface area contributed by atoms with Crippen LogP contribution < -0.4 is 10.6 Å². The number of hydrogen-bond acceptors (Lipinski definition) is 9. The number of esters is 1. The lowest BCUT2D eigenvalue weighted by atomic mass is 9.86. The van der Waals surface area contributed by atoms with Crippen LogP contribution in [0.25, 0.3) is 0 Å². The molecule has 1 unspecified atom stereocenters. The van der Waals surface area contributed by atoms with E-state index >= 15 is 0 Å². The summed E-state index contributed by atoms with van der Waals surface area (Å²) in [4.78, 5) is 22.0. The Morgan fingerprint density at radius 2 is 1.97 bits per heavy atom. The first-order chi connectivity index (χ1) is 17.7. The lowest BCUT2D eigenvalue weighted by Crippen LogP contribution is -2.57. The van der Waals surface area contributed by atoms with Crippen LogP contribution in [0.4, 0.5) is 8.78 Å². The first-order valence-corrected chi connectivity index (χ1v) is 14.4. The molecule has 198 valence electrons. The highest BCUT2D eigenvalue weighted by Crippen LogP contribution is 2.41. The predicted octanol–water partition coefficient (Wildman–Crippen LogP) is 2.61. The Morgan fingerprint density at radius 3 is 2.57 bits per heavy atom. The monoisotopic (exact) mass is 571 g/mol. The number of thiazole rings is 1. The fourth-order valence-corrected chi connectivity index (χ4v) is 7.37. The van der Waals surface area contributed by atoms with E-state index in [0.29, 0.717) is 42.5 Å². The first kappa shape index (κ1) is 26.2. The van der Waals surface area contributed by atoms with Crippen molar-refractivity contribution in [2.24, 2.45) is 10.9 Å². The van der Waals surface area contributed by atoms with Crippen molar-refractivity contribution in [1.82, 2.24) is 19.9 Å². The van der Waals surface area contributed by atoms with Gasteiger partial charge in [-0.25, -0.2) is 31.3 Å². The van der Waals surface area contributed by atoms with Crippen LogP contribution in [-0.4, -0.2) is 68.1 Å². The molecule has 0 spiro atoms. The molecule has 2 saturated heterocycles. The second-order valence-corrected chi connectivity index (χ2v) is 12.4. The number of carbonyl (C=O) groups excluding carboxylic acids is 1. The van der Waals surface area contributed by atoms with Gasteiger partial charge < -0.3 is 15.4 Å². The van der Waals surface area contributed by atoms with Crippen LogP contribution in [-0.2, 0) is 19.6 Å². The molecule has 1 aromatic carbocycles. The lowest BCUT2D eigenvalue weighted by molar-refractivity contribution is -0.136. The van der Waals surface area contributed by atoms with Crippen molar-refractivity contribution in [3.63, 3.8) is 0 Å². The van der Waals surface area contributed by atoms with Gasteiger partial charge in [0.2, 0.25) is 10.0 Å². The van der Waals surface area contributed by atoms with Crippen LogP contribution in [0.2, 0.25) is 5.02 Å². The highest BCUT2D eigenvalue weighted by Gasteiger charge is 2.41. The zero-order valence-corrected chi connectivity index (χ0v) is 22.1. The number of aliphatic imine (C=N–C) groups is 1. The summed E-state index contributed by atoms with van der Waals surface area (Å²) >= 11 is 7.51. The molecule has 9 nitrogen and oxygen atoms in total. The number of carbonyl (C=O) groups is 1. The fourth-order valence-electron chi connectivity index (χ4n) is 4.73. The number of ether oxygens (including phenoxy) is 1. The molecular weight excluding hydrogens is 548 g/mol. The van der Waals surface area contributed by atoms with E-state index in [9.17, 15) is 22.0 Å². The Morgan fingerprint density at radius 1 is 1.24 bits per heavy atom. The minimum absolute atomic E-state index is 0.103. The van der Waals surface area contributed by atoms with Gasteiger partial charge in [0.25, 0.3) is 0 Å². The normalized spacial score (nSPS) is 21.8. The summed E-state index contributed by atoms with van der Waals surface area (Å²) in [6.07, 6.45) is 2.47. The molecule has 0 bridgehead atoms. The minimum atomic E-state index is -3.41. The van der Waals surface area contributed by atoms with E-state index < -0.39 is 43.9 Å². The topological polar surface area (TPSA) is 113 Å². The Kier molecular flexibility index (Phi) is 7.33. The molecular formula is C23H24ClF2N5O4S2. The van der Waals surface area contributed by atoms with E-state index in [0.717, 1.165) is 6.07 Å². The van der Waals surface area contributed by atoms with Crippen LogP contribution >= 0.6 is 22.9 Å². The van der Waals surface area contributed by atoms with E-state index in [2.05, 4.69) is 20.6 Å². The molecule has 0 radical (unpaired) electrons. The number of benzene rings is 1. The van der Waals surface area contributed by atoms with Crippen LogP contribution in [0.3, 0.4) is 0 Å². The molecule has 2 fully saturated rings. The third-order valence-corrected chi connectivity index (χ3v) is 10.3. The molecule has 2 aromatic rings. The van der Waals surface area contributed by atoms with Crippen LogP contribution in [0, 0.1) is 17.6 Å². The van der Waals surface area contributed by atoms with Gasteiger partial charge in [-0.05, 0) is 18.9 Å². The number of hydrogen-bond donors (Lipinski definition) is 2. The molecule has 3 aliphatic rings. The summed E-state index contributed by atoms with van der Waals surface area (Å²) in [6.45, 7) is 1.43. The Hall–Kier alpha value is -2.45. The van der Waals surface area contributed by atoms with Crippen molar-refractivity contribution in [3.05, 3.63) is 62.2 Å². The average Bonchev–Trinajstić information content (AvgIpc) is 3.40. The number of aromatic nitrogens is 1. The van der Waals surface area contributed by atoms with E-state index in [1.54, 1.807) is 11.6 Å². The van der Waals surface area contributed by atoms with Crippen molar-refractivity contribution < 1.29 is 26.7 Å². The molecule has 0 saturated carbocycles. The maximum absolute atomic E-state index is 14.5. The molecule has 0 amide bonds. The average molecular weight is 572 g/mol. The number of sulfonamides is 1. The standard InChI is InChI=1S/C23H24ClF2N5O4S2/c1-35-23(32)16-19(12-4-7-31(8-5-12)37(33,34)13-10-27-11-13)29-21(22-28-6-9-36-22)30-20(16)14-2-3-15(25)18(26)17(14)24/h2-3,6,9,12-13,20,27H,4-5,7-8,10-11H2,1H3,(H,29,30).